The highest BCUT2D eigenvalue weighted by Gasteiger charge is 2.13. The maximum absolute atomic E-state index is 11.0. The van der Waals surface area contributed by atoms with Gasteiger partial charge in [-0.2, -0.15) is 0 Å². The van der Waals surface area contributed by atoms with E-state index in [-0.39, 0.29) is 0 Å². The minimum Gasteiger partial charge on any atom is -0.477 e. The van der Waals surface area contributed by atoms with Gasteiger partial charge in [-0.15, -0.1) is 22.7 Å². The first-order valence-corrected chi connectivity index (χ1v) is 7.82. The number of carbonyl (C=O) groups is 1. The summed E-state index contributed by atoms with van der Waals surface area (Å²) in [5.74, 6) is -0.840. The van der Waals surface area contributed by atoms with Crippen LogP contribution in [0.15, 0.2) is 27.4 Å². The number of hydrogen-bond donors (Lipinski definition) is 1. The summed E-state index contributed by atoms with van der Waals surface area (Å²) in [5.41, 5.74) is 0.880. The summed E-state index contributed by atoms with van der Waals surface area (Å²) in [5, 5.41) is 12.9. The number of carboxylic acids is 1. The summed E-state index contributed by atoms with van der Waals surface area (Å²) < 4.78 is 1.10. The highest BCUT2D eigenvalue weighted by atomic mass is 79.9. The van der Waals surface area contributed by atoms with Crippen LogP contribution >= 0.6 is 38.6 Å². The Bertz CT molecular complexity index is 550. The monoisotopic (exact) mass is 345 g/mol. The second-order valence-electron chi connectivity index (χ2n) is 3.98. The molecule has 96 valence electrons. The SMILES string of the molecule is CN(Cc1cc(Br)cs1)Cc1ccsc1C(=O)O. The molecule has 0 amide bonds. The maximum Gasteiger partial charge on any atom is 0.346 e. The zero-order chi connectivity index (χ0) is 13.1. The molecule has 2 aromatic rings. The quantitative estimate of drug-likeness (QED) is 0.893. The predicted molar refractivity (Wildman–Crippen MR) is 78.5 cm³/mol. The van der Waals surface area contributed by atoms with Crippen molar-refractivity contribution >= 4 is 44.6 Å². The van der Waals surface area contributed by atoms with Crippen molar-refractivity contribution in [3.63, 3.8) is 0 Å². The van der Waals surface area contributed by atoms with Crippen LogP contribution in [0.4, 0.5) is 0 Å². The molecule has 0 saturated heterocycles. The topological polar surface area (TPSA) is 40.5 Å². The van der Waals surface area contributed by atoms with E-state index in [9.17, 15) is 4.79 Å². The van der Waals surface area contributed by atoms with Gasteiger partial charge in [-0.3, -0.25) is 4.90 Å². The van der Waals surface area contributed by atoms with Crippen molar-refractivity contribution < 1.29 is 9.90 Å². The van der Waals surface area contributed by atoms with Crippen LogP contribution in [-0.2, 0) is 13.1 Å². The van der Waals surface area contributed by atoms with E-state index in [1.165, 1.54) is 16.2 Å². The lowest BCUT2D eigenvalue weighted by Gasteiger charge is -2.15. The first-order valence-electron chi connectivity index (χ1n) is 5.27. The molecule has 0 spiro atoms. The number of carboxylic acid groups (broad SMARTS) is 1. The Morgan fingerprint density at radius 3 is 2.83 bits per heavy atom. The smallest absolute Gasteiger partial charge is 0.346 e. The Hall–Kier alpha value is -0.690. The van der Waals surface area contributed by atoms with Gasteiger partial charge in [-0.1, -0.05) is 0 Å². The van der Waals surface area contributed by atoms with Crippen LogP contribution in [-0.4, -0.2) is 23.0 Å². The Labute approximate surface area is 122 Å². The fraction of sp³-hybridized carbons (Fsp3) is 0.250. The molecule has 18 heavy (non-hydrogen) atoms. The molecule has 2 heterocycles. The summed E-state index contributed by atoms with van der Waals surface area (Å²) >= 11 is 6.41. The van der Waals surface area contributed by atoms with E-state index in [0.717, 1.165) is 16.6 Å². The lowest BCUT2D eigenvalue weighted by atomic mass is 10.2. The molecule has 2 aromatic heterocycles. The zero-order valence-corrected chi connectivity index (χ0v) is 12.9. The minimum atomic E-state index is -0.840. The number of halogens is 1. The van der Waals surface area contributed by atoms with E-state index in [2.05, 4.69) is 32.3 Å². The Kier molecular flexibility index (Phi) is 4.55. The van der Waals surface area contributed by atoms with E-state index >= 15 is 0 Å². The van der Waals surface area contributed by atoms with Crippen molar-refractivity contribution in [1.29, 1.82) is 0 Å². The molecular weight excluding hydrogens is 334 g/mol. The van der Waals surface area contributed by atoms with E-state index in [4.69, 9.17) is 5.11 Å². The van der Waals surface area contributed by atoms with Gasteiger partial charge in [-0.25, -0.2) is 4.79 Å². The van der Waals surface area contributed by atoms with Crippen LogP contribution in [0.3, 0.4) is 0 Å². The second-order valence-corrected chi connectivity index (χ2v) is 6.81. The minimum absolute atomic E-state index is 0.439. The Morgan fingerprint density at radius 1 is 1.44 bits per heavy atom. The van der Waals surface area contributed by atoms with Gasteiger partial charge in [0.15, 0.2) is 0 Å². The highest BCUT2D eigenvalue weighted by Crippen LogP contribution is 2.23. The molecule has 0 aromatic carbocycles. The first-order chi connectivity index (χ1) is 8.56. The maximum atomic E-state index is 11.0. The molecule has 0 fully saturated rings. The lowest BCUT2D eigenvalue weighted by molar-refractivity contribution is 0.0700. The summed E-state index contributed by atoms with van der Waals surface area (Å²) in [4.78, 5) is 14.8. The molecule has 0 saturated carbocycles. The molecule has 2 rings (SSSR count). The van der Waals surface area contributed by atoms with Gasteiger partial charge in [0.25, 0.3) is 0 Å². The fourth-order valence-electron chi connectivity index (χ4n) is 1.70. The molecule has 0 atom stereocenters. The Balaban J connectivity index is 2.00. The van der Waals surface area contributed by atoms with Crippen LogP contribution in [0.25, 0.3) is 0 Å². The first kappa shape index (κ1) is 13.7. The molecule has 6 heteroatoms. The summed E-state index contributed by atoms with van der Waals surface area (Å²) in [6, 6.07) is 3.97. The average Bonchev–Trinajstić information content (AvgIpc) is 2.87. The van der Waals surface area contributed by atoms with Gasteiger partial charge in [0.05, 0.1) is 0 Å². The molecule has 0 bridgehead atoms. The standard InChI is InChI=1S/C12H12BrNO2S2/c1-14(6-10-4-9(13)7-18-10)5-8-2-3-17-11(8)12(15)16/h2-4,7H,5-6H2,1H3,(H,15,16). The van der Waals surface area contributed by atoms with E-state index in [1.807, 2.05) is 18.5 Å². The molecule has 0 aliphatic rings. The number of thiophene rings is 2. The van der Waals surface area contributed by atoms with Crippen LogP contribution in [0, 0.1) is 0 Å². The van der Waals surface area contributed by atoms with E-state index < -0.39 is 5.97 Å². The van der Waals surface area contributed by atoms with Gasteiger partial charge in [0.1, 0.15) is 4.88 Å². The molecular formula is C12H12BrNO2S2. The summed E-state index contributed by atoms with van der Waals surface area (Å²) in [7, 11) is 2.00. The molecule has 0 aliphatic carbocycles. The van der Waals surface area contributed by atoms with Crippen molar-refractivity contribution in [1.82, 2.24) is 4.90 Å². The van der Waals surface area contributed by atoms with Crippen molar-refractivity contribution in [2.24, 2.45) is 0 Å². The van der Waals surface area contributed by atoms with Crippen LogP contribution in [0.2, 0.25) is 0 Å². The molecule has 1 N–H and O–H groups in total. The fourth-order valence-corrected chi connectivity index (χ4v) is 3.98. The zero-order valence-electron chi connectivity index (χ0n) is 9.72. The second kappa shape index (κ2) is 5.97. The third-order valence-electron chi connectivity index (χ3n) is 2.43. The molecule has 0 aliphatic heterocycles. The van der Waals surface area contributed by atoms with Gasteiger partial charge < -0.3 is 5.11 Å². The van der Waals surface area contributed by atoms with Gasteiger partial charge in [0, 0.05) is 27.8 Å². The molecule has 3 nitrogen and oxygen atoms in total. The van der Waals surface area contributed by atoms with Crippen LogP contribution in [0.5, 0.6) is 0 Å². The highest BCUT2D eigenvalue weighted by molar-refractivity contribution is 9.10. The summed E-state index contributed by atoms with van der Waals surface area (Å²) in [6.45, 7) is 1.48. The van der Waals surface area contributed by atoms with Crippen LogP contribution in [0.1, 0.15) is 20.1 Å². The van der Waals surface area contributed by atoms with Gasteiger partial charge in [-0.05, 0) is 46.1 Å². The van der Waals surface area contributed by atoms with E-state index in [0.29, 0.717) is 11.4 Å². The molecule has 0 radical (unpaired) electrons. The number of nitrogens with zero attached hydrogens (tertiary/aromatic N) is 1. The van der Waals surface area contributed by atoms with Crippen LogP contribution < -0.4 is 0 Å². The van der Waals surface area contributed by atoms with Crippen molar-refractivity contribution in [3.8, 4) is 0 Å². The third kappa shape index (κ3) is 3.41. The molecule has 0 unspecified atom stereocenters. The number of hydrogen-bond acceptors (Lipinski definition) is 4. The van der Waals surface area contributed by atoms with Crippen molar-refractivity contribution in [3.05, 3.63) is 42.7 Å². The number of aromatic carboxylic acids is 1. The number of rotatable bonds is 5. The van der Waals surface area contributed by atoms with Gasteiger partial charge in [0.2, 0.25) is 0 Å². The predicted octanol–water partition coefficient (Wildman–Crippen LogP) is 3.90. The third-order valence-corrected chi connectivity index (χ3v) is 5.06. The largest absolute Gasteiger partial charge is 0.477 e. The van der Waals surface area contributed by atoms with Crippen molar-refractivity contribution in [2.75, 3.05) is 7.05 Å². The average molecular weight is 346 g/mol. The van der Waals surface area contributed by atoms with Gasteiger partial charge >= 0.3 is 5.97 Å². The lowest BCUT2D eigenvalue weighted by Crippen LogP contribution is -2.17. The summed E-state index contributed by atoms with van der Waals surface area (Å²) in [6.07, 6.45) is 0. The van der Waals surface area contributed by atoms with E-state index in [1.54, 1.807) is 11.3 Å². The Morgan fingerprint density at radius 2 is 2.22 bits per heavy atom. The van der Waals surface area contributed by atoms with Crippen molar-refractivity contribution in [2.45, 2.75) is 13.1 Å². The normalized spacial score (nSPS) is 11.1.